The normalized spacial score (nSPS) is 31.0. The molecule has 23 heavy (non-hydrogen) atoms. The standard InChI is InChI=1S/C17H23N5O/c1-12-19-5-6-22(12)15-7-13-10-21(2)11-14(13)8-16(15)23-17-9-18-3-4-20-17/h3-6,9,13-16H,7-8,10-11H2,1-2H3/t13-,14+,15-,16-/m0/s1. The highest BCUT2D eigenvalue weighted by molar-refractivity contribution is 5.06. The molecule has 1 aliphatic carbocycles. The van der Waals surface area contributed by atoms with E-state index < -0.39 is 0 Å². The maximum atomic E-state index is 6.25. The number of imidazole rings is 1. The summed E-state index contributed by atoms with van der Waals surface area (Å²) in [6, 6.07) is 0.312. The van der Waals surface area contributed by atoms with Gasteiger partial charge < -0.3 is 14.2 Å². The first-order chi connectivity index (χ1) is 11.2. The van der Waals surface area contributed by atoms with E-state index in [4.69, 9.17) is 4.74 Å². The van der Waals surface area contributed by atoms with Crippen molar-refractivity contribution in [1.82, 2.24) is 24.4 Å². The van der Waals surface area contributed by atoms with Crippen LogP contribution in [0.5, 0.6) is 5.88 Å². The average molecular weight is 313 g/mol. The molecule has 6 heteroatoms. The number of likely N-dealkylation sites (tertiary alicyclic amines) is 1. The Kier molecular flexibility index (Phi) is 3.77. The lowest BCUT2D eigenvalue weighted by molar-refractivity contribution is 0.0501. The van der Waals surface area contributed by atoms with Crippen LogP contribution in [0.3, 0.4) is 0 Å². The molecular weight excluding hydrogens is 290 g/mol. The van der Waals surface area contributed by atoms with E-state index in [1.54, 1.807) is 18.6 Å². The Balaban J connectivity index is 1.61. The second-order valence-electron chi connectivity index (χ2n) is 6.86. The third-order valence-corrected chi connectivity index (χ3v) is 5.30. The summed E-state index contributed by atoms with van der Waals surface area (Å²) in [5, 5.41) is 0. The quantitative estimate of drug-likeness (QED) is 0.867. The molecule has 4 atom stereocenters. The number of nitrogens with zero attached hydrogens (tertiary/aromatic N) is 5. The van der Waals surface area contributed by atoms with E-state index >= 15 is 0 Å². The number of fused-ring (bicyclic) bond motifs is 1. The van der Waals surface area contributed by atoms with Gasteiger partial charge in [-0.2, -0.15) is 0 Å². The van der Waals surface area contributed by atoms with Crippen LogP contribution in [-0.4, -0.2) is 50.7 Å². The number of aromatic nitrogens is 4. The van der Waals surface area contributed by atoms with Crippen LogP contribution in [0.25, 0.3) is 0 Å². The highest BCUT2D eigenvalue weighted by Crippen LogP contribution is 2.42. The molecule has 2 aromatic heterocycles. The van der Waals surface area contributed by atoms with Gasteiger partial charge in [0.1, 0.15) is 11.9 Å². The Morgan fingerprint density at radius 1 is 1.09 bits per heavy atom. The molecule has 0 N–H and O–H groups in total. The summed E-state index contributed by atoms with van der Waals surface area (Å²) in [5.41, 5.74) is 0. The second kappa shape index (κ2) is 5.92. The molecule has 4 rings (SSSR count). The van der Waals surface area contributed by atoms with E-state index in [0.29, 0.717) is 17.8 Å². The predicted molar refractivity (Wildman–Crippen MR) is 86.2 cm³/mol. The van der Waals surface area contributed by atoms with E-state index in [2.05, 4.69) is 44.6 Å². The van der Waals surface area contributed by atoms with Gasteiger partial charge in [-0.15, -0.1) is 0 Å². The Morgan fingerprint density at radius 3 is 2.61 bits per heavy atom. The van der Waals surface area contributed by atoms with Gasteiger partial charge in [0.25, 0.3) is 0 Å². The maximum absolute atomic E-state index is 6.25. The minimum Gasteiger partial charge on any atom is -0.471 e. The molecule has 2 fully saturated rings. The first-order valence-corrected chi connectivity index (χ1v) is 8.31. The predicted octanol–water partition coefficient (Wildman–Crippen LogP) is 1.94. The Bertz CT molecular complexity index is 658. The summed E-state index contributed by atoms with van der Waals surface area (Å²) in [6.45, 7) is 4.42. The lowest BCUT2D eigenvalue weighted by Crippen LogP contribution is -2.40. The van der Waals surface area contributed by atoms with Crippen LogP contribution in [0.15, 0.2) is 31.0 Å². The largest absolute Gasteiger partial charge is 0.471 e. The lowest BCUT2D eigenvalue weighted by atomic mass is 9.77. The number of aryl methyl sites for hydroxylation is 1. The summed E-state index contributed by atoms with van der Waals surface area (Å²) in [5.74, 6) is 3.12. The molecule has 3 heterocycles. The summed E-state index contributed by atoms with van der Waals surface area (Å²) in [6.07, 6.45) is 11.3. The zero-order valence-electron chi connectivity index (χ0n) is 13.7. The highest BCUT2D eigenvalue weighted by Gasteiger charge is 2.43. The van der Waals surface area contributed by atoms with Gasteiger partial charge >= 0.3 is 0 Å². The molecule has 122 valence electrons. The van der Waals surface area contributed by atoms with Gasteiger partial charge in [-0.3, -0.25) is 4.98 Å². The van der Waals surface area contributed by atoms with Crippen LogP contribution in [0.2, 0.25) is 0 Å². The summed E-state index contributed by atoms with van der Waals surface area (Å²) in [7, 11) is 2.22. The van der Waals surface area contributed by atoms with E-state index in [0.717, 1.165) is 24.6 Å². The van der Waals surface area contributed by atoms with Crippen LogP contribution in [0, 0.1) is 18.8 Å². The van der Waals surface area contributed by atoms with Crippen molar-refractivity contribution in [3.63, 3.8) is 0 Å². The van der Waals surface area contributed by atoms with E-state index in [9.17, 15) is 0 Å². The smallest absolute Gasteiger partial charge is 0.232 e. The first kappa shape index (κ1) is 14.6. The van der Waals surface area contributed by atoms with Gasteiger partial charge in [0.2, 0.25) is 5.88 Å². The van der Waals surface area contributed by atoms with Crippen LogP contribution < -0.4 is 4.74 Å². The van der Waals surface area contributed by atoms with Crippen molar-refractivity contribution in [3.8, 4) is 5.88 Å². The van der Waals surface area contributed by atoms with Crippen molar-refractivity contribution in [1.29, 1.82) is 0 Å². The third kappa shape index (κ3) is 2.83. The molecule has 0 amide bonds. The molecule has 2 aliphatic rings. The van der Waals surface area contributed by atoms with Gasteiger partial charge in [0.05, 0.1) is 12.2 Å². The van der Waals surface area contributed by atoms with E-state index in [1.165, 1.54) is 13.1 Å². The Hall–Kier alpha value is -1.95. The van der Waals surface area contributed by atoms with Crippen molar-refractivity contribution in [2.24, 2.45) is 11.8 Å². The van der Waals surface area contributed by atoms with Gasteiger partial charge in [-0.1, -0.05) is 0 Å². The number of ether oxygens (including phenoxy) is 1. The molecule has 0 spiro atoms. The van der Waals surface area contributed by atoms with Gasteiger partial charge in [-0.05, 0) is 38.6 Å². The molecular formula is C17H23N5O. The molecule has 1 saturated heterocycles. The number of rotatable bonds is 3. The fourth-order valence-electron chi connectivity index (χ4n) is 4.28. The molecule has 0 radical (unpaired) electrons. The molecule has 2 aromatic rings. The zero-order chi connectivity index (χ0) is 15.8. The molecule has 1 aliphatic heterocycles. The van der Waals surface area contributed by atoms with Gasteiger partial charge in [-0.25, -0.2) is 9.97 Å². The lowest BCUT2D eigenvalue weighted by Gasteiger charge is -2.38. The fraction of sp³-hybridized carbons (Fsp3) is 0.588. The SMILES string of the molecule is Cc1nccn1[C@H]1C[C@H]2CN(C)C[C@H]2C[C@@H]1Oc1cnccn1. The van der Waals surface area contributed by atoms with Crippen molar-refractivity contribution >= 4 is 0 Å². The highest BCUT2D eigenvalue weighted by atomic mass is 16.5. The number of hydrogen-bond donors (Lipinski definition) is 0. The van der Waals surface area contributed by atoms with E-state index in [1.807, 2.05) is 6.20 Å². The molecule has 1 saturated carbocycles. The van der Waals surface area contributed by atoms with Crippen molar-refractivity contribution in [2.75, 3.05) is 20.1 Å². The van der Waals surface area contributed by atoms with Crippen molar-refractivity contribution in [2.45, 2.75) is 31.9 Å². The second-order valence-corrected chi connectivity index (χ2v) is 6.86. The van der Waals surface area contributed by atoms with Crippen LogP contribution in [0.4, 0.5) is 0 Å². The Morgan fingerprint density at radius 2 is 1.91 bits per heavy atom. The van der Waals surface area contributed by atoms with Gasteiger partial charge in [0.15, 0.2) is 0 Å². The third-order valence-electron chi connectivity index (χ3n) is 5.30. The van der Waals surface area contributed by atoms with Crippen molar-refractivity contribution in [3.05, 3.63) is 36.8 Å². The average Bonchev–Trinajstić information content (AvgIpc) is 3.12. The maximum Gasteiger partial charge on any atom is 0.232 e. The minimum atomic E-state index is 0.118. The minimum absolute atomic E-state index is 0.118. The molecule has 6 nitrogen and oxygen atoms in total. The van der Waals surface area contributed by atoms with Crippen LogP contribution in [0.1, 0.15) is 24.7 Å². The zero-order valence-corrected chi connectivity index (χ0v) is 13.7. The summed E-state index contributed by atoms with van der Waals surface area (Å²) < 4.78 is 8.52. The monoisotopic (exact) mass is 313 g/mol. The summed E-state index contributed by atoms with van der Waals surface area (Å²) in [4.78, 5) is 15.3. The summed E-state index contributed by atoms with van der Waals surface area (Å²) >= 11 is 0. The molecule has 0 aromatic carbocycles. The van der Waals surface area contributed by atoms with Crippen molar-refractivity contribution < 1.29 is 4.74 Å². The first-order valence-electron chi connectivity index (χ1n) is 8.31. The fourth-order valence-corrected chi connectivity index (χ4v) is 4.28. The van der Waals surface area contributed by atoms with E-state index in [-0.39, 0.29) is 6.10 Å². The Labute approximate surface area is 136 Å². The number of hydrogen-bond acceptors (Lipinski definition) is 5. The van der Waals surface area contributed by atoms with Crippen LogP contribution >= 0.6 is 0 Å². The molecule has 0 bridgehead atoms. The molecule has 0 unspecified atom stereocenters. The topological polar surface area (TPSA) is 56.1 Å². The van der Waals surface area contributed by atoms with Crippen LogP contribution in [-0.2, 0) is 0 Å². The van der Waals surface area contributed by atoms with Gasteiger partial charge in [0, 0.05) is 37.9 Å².